The third-order valence-corrected chi connectivity index (χ3v) is 3.48. The van der Waals surface area contributed by atoms with Crippen LogP contribution in [0.15, 0.2) is 24.3 Å². The van der Waals surface area contributed by atoms with Gasteiger partial charge in [0.1, 0.15) is 0 Å². The Morgan fingerprint density at radius 3 is 2.23 bits per heavy atom. The normalized spacial score (nSPS) is 17.3. The summed E-state index contributed by atoms with van der Waals surface area (Å²) in [6.45, 7) is 0.297. The number of rotatable bonds is 2. The van der Waals surface area contributed by atoms with E-state index in [2.05, 4.69) is 0 Å². The fourth-order valence-electron chi connectivity index (χ4n) is 1.17. The minimum Gasteiger partial charge on any atom is -0.412 e. The predicted octanol–water partition coefficient (Wildman–Crippen LogP) is 1.61. The lowest BCUT2D eigenvalue weighted by Crippen LogP contribution is -2.09. The van der Waals surface area contributed by atoms with Crippen molar-refractivity contribution in [3.63, 3.8) is 0 Å². The van der Waals surface area contributed by atoms with E-state index in [0.29, 0.717) is 18.0 Å². The molecule has 0 unspecified atom stereocenters. The molecular formula is C8H10NO3P. The fourth-order valence-corrected chi connectivity index (χ4v) is 2.61. The highest BCUT2D eigenvalue weighted by atomic mass is 31.2. The molecule has 0 fully saturated rings. The maximum absolute atomic E-state index is 11.7. The van der Waals surface area contributed by atoms with Gasteiger partial charge in [-0.15, -0.1) is 0 Å². The van der Waals surface area contributed by atoms with Gasteiger partial charge in [-0.25, -0.2) is 4.57 Å². The second-order valence-corrected chi connectivity index (χ2v) is 4.79. The summed E-state index contributed by atoms with van der Waals surface area (Å²) in [5.74, 6) is 1.08. The highest BCUT2D eigenvalue weighted by Crippen LogP contribution is 2.57. The van der Waals surface area contributed by atoms with Gasteiger partial charge >= 0.3 is 7.60 Å². The summed E-state index contributed by atoms with van der Waals surface area (Å²) in [4.78, 5) is 0. The molecule has 1 aliphatic rings. The fraction of sp³-hybridized carbons (Fsp3) is 0.250. The van der Waals surface area contributed by atoms with Gasteiger partial charge in [-0.3, -0.25) is 0 Å². The van der Waals surface area contributed by atoms with Crippen LogP contribution in [0.1, 0.15) is 0 Å². The van der Waals surface area contributed by atoms with E-state index in [1.54, 1.807) is 24.3 Å². The summed E-state index contributed by atoms with van der Waals surface area (Å²) in [6, 6.07) is 7.07. The lowest BCUT2D eigenvalue weighted by molar-refractivity contribution is 0.431. The van der Waals surface area contributed by atoms with E-state index in [4.69, 9.17) is 14.8 Å². The highest BCUT2D eigenvalue weighted by Gasteiger charge is 2.34. The van der Waals surface area contributed by atoms with Crippen molar-refractivity contribution in [1.29, 1.82) is 0 Å². The molecule has 0 amide bonds. The summed E-state index contributed by atoms with van der Waals surface area (Å²) in [7, 11) is -2.98. The average molecular weight is 199 g/mol. The minimum atomic E-state index is -2.98. The lowest BCUT2D eigenvalue weighted by Gasteiger charge is -2.07. The van der Waals surface area contributed by atoms with Gasteiger partial charge in [-0.2, -0.15) is 0 Å². The lowest BCUT2D eigenvalue weighted by atomic mass is 10.3. The van der Waals surface area contributed by atoms with Crippen molar-refractivity contribution in [2.75, 3.05) is 12.7 Å². The molecule has 1 heterocycles. The maximum Gasteiger partial charge on any atom is 0.432 e. The second-order valence-electron chi connectivity index (χ2n) is 2.75. The zero-order valence-corrected chi connectivity index (χ0v) is 7.87. The number of para-hydroxylation sites is 2. The van der Waals surface area contributed by atoms with E-state index in [9.17, 15) is 4.57 Å². The number of fused-ring (bicyclic) bond motifs is 1. The van der Waals surface area contributed by atoms with Crippen LogP contribution in [0.4, 0.5) is 0 Å². The highest BCUT2D eigenvalue weighted by molar-refractivity contribution is 7.55. The summed E-state index contributed by atoms with van der Waals surface area (Å²) in [6.07, 6.45) is 0.252. The molecule has 70 valence electrons. The van der Waals surface area contributed by atoms with E-state index in [0.717, 1.165) is 0 Å². The van der Waals surface area contributed by atoms with Gasteiger partial charge in [0.05, 0.1) is 6.16 Å². The van der Waals surface area contributed by atoms with E-state index < -0.39 is 7.60 Å². The van der Waals surface area contributed by atoms with Crippen molar-refractivity contribution in [1.82, 2.24) is 0 Å². The Kier molecular flexibility index (Phi) is 2.02. The summed E-state index contributed by atoms with van der Waals surface area (Å²) >= 11 is 0. The van der Waals surface area contributed by atoms with Gasteiger partial charge in [0.2, 0.25) is 0 Å². The molecule has 2 N–H and O–H groups in total. The van der Waals surface area contributed by atoms with E-state index in [-0.39, 0.29) is 6.16 Å². The molecule has 1 aromatic carbocycles. The molecule has 13 heavy (non-hydrogen) atoms. The van der Waals surface area contributed by atoms with Gasteiger partial charge in [0.25, 0.3) is 0 Å². The van der Waals surface area contributed by atoms with Crippen LogP contribution < -0.4 is 14.8 Å². The molecule has 0 aliphatic carbocycles. The van der Waals surface area contributed by atoms with Gasteiger partial charge in [-0.05, 0) is 12.1 Å². The second kappa shape index (κ2) is 3.05. The minimum absolute atomic E-state index is 0.252. The number of nitrogens with two attached hydrogens (primary N) is 1. The monoisotopic (exact) mass is 199 g/mol. The van der Waals surface area contributed by atoms with Crippen LogP contribution in [0.2, 0.25) is 0 Å². The van der Waals surface area contributed by atoms with Crippen molar-refractivity contribution < 1.29 is 13.6 Å². The van der Waals surface area contributed by atoms with Gasteiger partial charge < -0.3 is 14.8 Å². The average Bonchev–Trinajstić information content (AvgIpc) is 2.40. The van der Waals surface area contributed by atoms with Crippen molar-refractivity contribution in [3.8, 4) is 11.5 Å². The summed E-state index contributed by atoms with van der Waals surface area (Å²) in [5.41, 5.74) is 5.30. The van der Waals surface area contributed by atoms with Gasteiger partial charge in [0.15, 0.2) is 11.5 Å². The molecule has 0 saturated heterocycles. The van der Waals surface area contributed by atoms with E-state index >= 15 is 0 Å². The van der Waals surface area contributed by atoms with Crippen LogP contribution in [0.3, 0.4) is 0 Å². The predicted molar refractivity (Wildman–Crippen MR) is 49.2 cm³/mol. The molecule has 1 aliphatic heterocycles. The van der Waals surface area contributed by atoms with Crippen LogP contribution in [-0.2, 0) is 4.57 Å². The Morgan fingerprint density at radius 1 is 1.23 bits per heavy atom. The smallest absolute Gasteiger partial charge is 0.412 e. The Labute approximate surface area is 76.2 Å². The van der Waals surface area contributed by atoms with Gasteiger partial charge in [0, 0.05) is 6.54 Å². The topological polar surface area (TPSA) is 61.6 Å². The van der Waals surface area contributed by atoms with Crippen molar-refractivity contribution in [3.05, 3.63) is 24.3 Å². The van der Waals surface area contributed by atoms with E-state index in [1.165, 1.54) is 0 Å². The SMILES string of the molecule is NCCP1(=O)Oc2ccccc2O1. The summed E-state index contributed by atoms with van der Waals surface area (Å²) < 4.78 is 22.1. The van der Waals surface area contributed by atoms with Crippen molar-refractivity contribution in [2.24, 2.45) is 5.73 Å². The molecule has 4 nitrogen and oxygen atoms in total. The van der Waals surface area contributed by atoms with Crippen LogP contribution in [0, 0.1) is 0 Å². The third kappa shape index (κ3) is 1.55. The first kappa shape index (κ1) is 8.60. The van der Waals surface area contributed by atoms with E-state index in [1.807, 2.05) is 0 Å². The molecule has 2 rings (SSSR count). The number of hydrogen-bond donors (Lipinski definition) is 1. The molecule has 0 atom stereocenters. The molecule has 5 heteroatoms. The Morgan fingerprint density at radius 2 is 1.77 bits per heavy atom. The largest absolute Gasteiger partial charge is 0.432 e. The number of benzene rings is 1. The third-order valence-electron chi connectivity index (χ3n) is 1.73. The van der Waals surface area contributed by atoms with Crippen LogP contribution >= 0.6 is 7.60 Å². The number of hydrogen-bond acceptors (Lipinski definition) is 4. The first-order chi connectivity index (χ1) is 6.23. The first-order valence-corrected chi connectivity index (χ1v) is 5.74. The molecular weight excluding hydrogens is 189 g/mol. The van der Waals surface area contributed by atoms with Gasteiger partial charge in [-0.1, -0.05) is 12.1 Å². The van der Waals surface area contributed by atoms with Crippen molar-refractivity contribution >= 4 is 7.60 Å². The Hall–Kier alpha value is -0.990. The van der Waals surface area contributed by atoms with Crippen LogP contribution in [-0.4, -0.2) is 12.7 Å². The standard InChI is InChI=1S/C8H10NO3P/c9-5-6-13(10)11-7-3-1-2-4-8(7)12-13/h1-4H,5-6,9H2. The first-order valence-electron chi connectivity index (χ1n) is 4.01. The zero-order valence-electron chi connectivity index (χ0n) is 6.97. The van der Waals surface area contributed by atoms with Crippen molar-refractivity contribution in [2.45, 2.75) is 0 Å². The molecule has 0 spiro atoms. The Balaban J connectivity index is 2.27. The quantitative estimate of drug-likeness (QED) is 0.735. The molecule has 0 bridgehead atoms. The summed E-state index contributed by atoms with van der Waals surface area (Å²) in [5, 5.41) is 0. The molecule has 0 aromatic heterocycles. The molecule has 0 radical (unpaired) electrons. The molecule has 1 aromatic rings. The maximum atomic E-state index is 11.7. The molecule has 0 saturated carbocycles. The zero-order chi connectivity index (χ0) is 9.31. The Bertz CT molecular complexity index is 337. The van der Waals surface area contributed by atoms with Crippen LogP contribution in [0.25, 0.3) is 0 Å². The van der Waals surface area contributed by atoms with Crippen LogP contribution in [0.5, 0.6) is 11.5 Å².